The van der Waals surface area contributed by atoms with Crippen LogP contribution >= 0.6 is 0 Å². The van der Waals surface area contributed by atoms with Crippen LogP contribution in [0, 0.1) is 0 Å². The van der Waals surface area contributed by atoms with E-state index in [9.17, 15) is 13.2 Å². The number of nitrogens with zero attached hydrogens (tertiary/aromatic N) is 2. The van der Waals surface area contributed by atoms with Crippen LogP contribution in [0.4, 0.5) is 0 Å². The van der Waals surface area contributed by atoms with Crippen LogP contribution in [0.3, 0.4) is 0 Å². The number of amides is 1. The smallest absolute Gasteiger partial charge is 0.243 e. The number of carbonyl (C=O) groups is 1. The van der Waals surface area contributed by atoms with Crippen molar-refractivity contribution in [2.75, 3.05) is 59.2 Å². The van der Waals surface area contributed by atoms with Gasteiger partial charge in [-0.1, -0.05) is 12.1 Å². The quantitative estimate of drug-likeness (QED) is 0.647. The number of morpholine rings is 2. The zero-order valence-corrected chi connectivity index (χ0v) is 18.7. The summed E-state index contributed by atoms with van der Waals surface area (Å²) < 4.78 is 37.4. The molecular weight excluding hydrogens is 406 g/mol. The first-order chi connectivity index (χ1) is 14.3. The van der Waals surface area contributed by atoms with Gasteiger partial charge in [-0.15, -0.1) is 0 Å². The third-order valence-corrected chi connectivity index (χ3v) is 7.67. The van der Waals surface area contributed by atoms with E-state index in [1.165, 1.54) is 4.31 Å². The van der Waals surface area contributed by atoms with Gasteiger partial charge in [0.25, 0.3) is 0 Å². The number of sulfonamides is 1. The van der Waals surface area contributed by atoms with Crippen LogP contribution in [0.25, 0.3) is 0 Å². The molecule has 0 atom stereocenters. The molecule has 1 amide bonds. The molecule has 30 heavy (non-hydrogen) atoms. The molecule has 0 unspecified atom stereocenters. The van der Waals surface area contributed by atoms with E-state index >= 15 is 0 Å². The molecule has 2 heterocycles. The molecule has 1 N–H and O–H groups in total. The maximum Gasteiger partial charge on any atom is 0.243 e. The van der Waals surface area contributed by atoms with Gasteiger partial charge in [-0.3, -0.25) is 9.69 Å². The molecule has 2 aliphatic rings. The van der Waals surface area contributed by atoms with Gasteiger partial charge in [0.05, 0.1) is 31.3 Å². The summed E-state index contributed by atoms with van der Waals surface area (Å²) in [5.74, 6) is 0.00125. The van der Waals surface area contributed by atoms with E-state index in [-0.39, 0.29) is 16.3 Å². The maximum absolute atomic E-state index is 12.7. The van der Waals surface area contributed by atoms with Crippen molar-refractivity contribution in [2.45, 2.75) is 37.1 Å². The molecule has 3 rings (SSSR count). The highest BCUT2D eigenvalue weighted by molar-refractivity contribution is 7.89. The number of ether oxygens (including phenoxy) is 2. The Morgan fingerprint density at radius 3 is 2.17 bits per heavy atom. The van der Waals surface area contributed by atoms with E-state index in [2.05, 4.69) is 24.1 Å². The summed E-state index contributed by atoms with van der Waals surface area (Å²) in [5, 5.41) is 3.03. The summed E-state index contributed by atoms with van der Waals surface area (Å²) in [6.07, 6.45) is 0.941. The molecule has 0 spiro atoms. The minimum atomic E-state index is -3.49. The number of hydrogen-bond donors (Lipinski definition) is 1. The summed E-state index contributed by atoms with van der Waals surface area (Å²) in [6.45, 7) is 9.68. The Balaban J connectivity index is 1.47. The summed E-state index contributed by atoms with van der Waals surface area (Å²) >= 11 is 0. The second kappa shape index (κ2) is 10.2. The Morgan fingerprint density at radius 2 is 1.57 bits per heavy atom. The van der Waals surface area contributed by atoms with Gasteiger partial charge >= 0.3 is 0 Å². The van der Waals surface area contributed by atoms with Crippen molar-refractivity contribution in [3.05, 3.63) is 29.8 Å². The van der Waals surface area contributed by atoms with Gasteiger partial charge in [0.15, 0.2) is 0 Å². The first-order valence-corrected chi connectivity index (χ1v) is 12.0. The first-order valence-electron chi connectivity index (χ1n) is 10.6. The summed E-state index contributed by atoms with van der Waals surface area (Å²) in [6, 6.07) is 6.83. The van der Waals surface area contributed by atoms with Crippen molar-refractivity contribution >= 4 is 15.9 Å². The molecule has 0 radical (unpaired) electrons. The lowest BCUT2D eigenvalue weighted by Crippen LogP contribution is -2.55. The van der Waals surface area contributed by atoms with Gasteiger partial charge in [-0.05, 0) is 38.0 Å². The average molecular weight is 440 g/mol. The normalized spacial score (nSPS) is 19.5. The summed E-state index contributed by atoms with van der Waals surface area (Å²) in [5.41, 5.74) is 0.827. The fourth-order valence-electron chi connectivity index (χ4n) is 3.71. The summed E-state index contributed by atoms with van der Waals surface area (Å²) in [4.78, 5) is 14.9. The van der Waals surface area contributed by atoms with E-state index in [1.54, 1.807) is 24.3 Å². The molecule has 1 aromatic rings. The standard InChI is InChI=1S/C21H33N3O5S/c1-21(2,23-9-13-28-14-10-23)17-22-20(25)8-5-18-3-6-19(7-4-18)30(26,27)24-11-15-29-16-12-24/h3-4,6-7H,5,8-17H2,1-2H3,(H,22,25). The lowest BCUT2D eigenvalue weighted by molar-refractivity contribution is -0.121. The van der Waals surface area contributed by atoms with Crippen LogP contribution in [0.15, 0.2) is 29.2 Å². The topological polar surface area (TPSA) is 88.2 Å². The molecule has 2 aliphatic heterocycles. The third kappa shape index (κ3) is 6.01. The van der Waals surface area contributed by atoms with Crippen LogP contribution in [0.5, 0.6) is 0 Å². The number of nitrogens with one attached hydrogen (secondary N) is 1. The Morgan fingerprint density at radius 1 is 1.00 bits per heavy atom. The largest absolute Gasteiger partial charge is 0.379 e. The lowest BCUT2D eigenvalue weighted by atomic mass is 10.0. The molecular formula is C21H33N3O5S. The third-order valence-electron chi connectivity index (χ3n) is 5.76. The Kier molecular flexibility index (Phi) is 7.86. The van der Waals surface area contributed by atoms with Crippen LogP contribution in [-0.2, 0) is 30.7 Å². The molecule has 168 valence electrons. The number of rotatable bonds is 8. The van der Waals surface area contributed by atoms with E-state index < -0.39 is 10.0 Å². The SMILES string of the molecule is CC(C)(CNC(=O)CCc1ccc(S(=O)(=O)N2CCOCC2)cc1)N1CCOCC1. The van der Waals surface area contributed by atoms with Crippen molar-refractivity contribution in [1.29, 1.82) is 0 Å². The van der Waals surface area contributed by atoms with Crippen molar-refractivity contribution in [3.8, 4) is 0 Å². The van der Waals surface area contributed by atoms with Crippen LogP contribution < -0.4 is 5.32 Å². The Labute approximate surface area is 179 Å². The summed E-state index contributed by atoms with van der Waals surface area (Å²) in [7, 11) is -3.49. The highest BCUT2D eigenvalue weighted by Gasteiger charge is 2.29. The van der Waals surface area contributed by atoms with Gasteiger partial charge in [0.2, 0.25) is 15.9 Å². The molecule has 9 heteroatoms. The minimum absolute atomic E-state index is 0.00125. The molecule has 1 aromatic carbocycles. The first kappa shape index (κ1) is 23.1. The lowest BCUT2D eigenvalue weighted by Gasteiger charge is -2.40. The molecule has 2 fully saturated rings. The van der Waals surface area contributed by atoms with Crippen molar-refractivity contribution in [1.82, 2.24) is 14.5 Å². The van der Waals surface area contributed by atoms with Gasteiger partial charge < -0.3 is 14.8 Å². The van der Waals surface area contributed by atoms with Gasteiger partial charge in [0.1, 0.15) is 0 Å². The van der Waals surface area contributed by atoms with Gasteiger partial charge in [0, 0.05) is 44.7 Å². The molecule has 0 bridgehead atoms. The second-order valence-electron chi connectivity index (χ2n) is 8.35. The predicted molar refractivity (Wildman–Crippen MR) is 114 cm³/mol. The van der Waals surface area contributed by atoms with E-state index in [0.717, 1.165) is 31.9 Å². The zero-order valence-electron chi connectivity index (χ0n) is 17.9. The molecule has 2 saturated heterocycles. The Bertz CT molecular complexity index is 798. The molecule has 0 aromatic heterocycles. The number of aryl methyl sites for hydroxylation is 1. The van der Waals surface area contributed by atoms with Gasteiger partial charge in [-0.2, -0.15) is 4.31 Å². The fraction of sp³-hybridized carbons (Fsp3) is 0.667. The average Bonchev–Trinajstić information content (AvgIpc) is 2.78. The monoisotopic (exact) mass is 439 g/mol. The van der Waals surface area contributed by atoms with Crippen molar-refractivity contribution in [3.63, 3.8) is 0 Å². The molecule has 0 aliphatic carbocycles. The van der Waals surface area contributed by atoms with Gasteiger partial charge in [-0.25, -0.2) is 8.42 Å². The van der Waals surface area contributed by atoms with E-state index in [1.807, 2.05) is 0 Å². The maximum atomic E-state index is 12.7. The minimum Gasteiger partial charge on any atom is -0.379 e. The highest BCUT2D eigenvalue weighted by Crippen LogP contribution is 2.18. The molecule has 8 nitrogen and oxygen atoms in total. The van der Waals surface area contributed by atoms with Crippen LogP contribution in [-0.4, -0.2) is 88.2 Å². The zero-order chi connectivity index (χ0) is 21.6. The Hall–Kier alpha value is -1.52. The highest BCUT2D eigenvalue weighted by atomic mass is 32.2. The fourth-order valence-corrected chi connectivity index (χ4v) is 5.11. The number of hydrogen-bond acceptors (Lipinski definition) is 6. The van der Waals surface area contributed by atoms with Crippen molar-refractivity contribution < 1.29 is 22.7 Å². The molecule has 0 saturated carbocycles. The van der Waals surface area contributed by atoms with Crippen LogP contribution in [0.2, 0.25) is 0 Å². The number of carbonyl (C=O) groups excluding carboxylic acids is 1. The van der Waals surface area contributed by atoms with Crippen LogP contribution in [0.1, 0.15) is 25.8 Å². The van der Waals surface area contributed by atoms with Crippen molar-refractivity contribution in [2.24, 2.45) is 0 Å². The second-order valence-corrected chi connectivity index (χ2v) is 10.3. The number of benzene rings is 1. The van der Waals surface area contributed by atoms with E-state index in [0.29, 0.717) is 45.7 Å². The predicted octanol–water partition coefficient (Wildman–Crippen LogP) is 0.867. The van der Waals surface area contributed by atoms with E-state index in [4.69, 9.17) is 9.47 Å².